The molecule has 0 saturated heterocycles. The average Bonchev–Trinajstić information content (AvgIpc) is 2.84. The highest BCUT2D eigenvalue weighted by atomic mass is 19.1. The Morgan fingerprint density at radius 3 is 2.40 bits per heavy atom. The lowest BCUT2D eigenvalue weighted by atomic mass is 9.87. The van der Waals surface area contributed by atoms with Crippen molar-refractivity contribution in [1.82, 2.24) is 10.6 Å². The highest BCUT2D eigenvalue weighted by Crippen LogP contribution is 2.26. The third-order valence-corrected chi connectivity index (χ3v) is 6.05. The van der Waals surface area contributed by atoms with Crippen molar-refractivity contribution in [2.75, 3.05) is 0 Å². The van der Waals surface area contributed by atoms with Crippen molar-refractivity contribution in [3.05, 3.63) is 71.6 Å². The zero-order valence-corrected chi connectivity index (χ0v) is 20.3. The minimum Gasteiger partial charge on any atom is -0.478 e. The number of benzene rings is 2. The van der Waals surface area contributed by atoms with Crippen LogP contribution in [0.15, 0.2) is 60.2 Å². The van der Waals surface area contributed by atoms with E-state index in [1.165, 1.54) is 13.0 Å². The summed E-state index contributed by atoms with van der Waals surface area (Å²) in [7, 11) is 0. The lowest BCUT2D eigenvalue weighted by Crippen LogP contribution is -2.58. The van der Waals surface area contributed by atoms with E-state index in [0.29, 0.717) is 12.3 Å². The molecule has 3 N–H and O–H groups in total. The van der Waals surface area contributed by atoms with Gasteiger partial charge in [0, 0.05) is 25.1 Å². The Hall–Kier alpha value is -3.23. The van der Waals surface area contributed by atoms with Crippen molar-refractivity contribution in [3.63, 3.8) is 0 Å². The minimum absolute atomic E-state index is 0.0386. The molecule has 8 heteroatoms. The van der Waals surface area contributed by atoms with Crippen LogP contribution in [0.25, 0.3) is 0 Å². The van der Waals surface area contributed by atoms with Gasteiger partial charge in [0.05, 0.1) is 18.2 Å². The summed E-state index contributed by atoms with van der Waals surface area (Å²) >= 11 is 0. The number of halogens is 1. The molecule has 0 aromatic heterocycles. The van der Waals surface area contributed by atoms with E-state index in [0.717, 1.165) is 18.4 Å². The number of para-hydroxylation sites is 1. The van der Waals surface area contributed by atoms with Crippen LogP contribution in [-0.4, -0.2) is 41.3 Å². The van der Waals surface area contributed by atoms with Gasteiger partial charge in [0.15, 0.2) is 11.6 Å². The lowest BCUT2D eigenvalue weighted by Gasteiger charge is -2.38. The fourth-order valence-corrected chi connectivity index (χ4v) is 4.14. The molecule has 2 aromatic rings. The number of rotatable bonds is 11. The quantitative estimate of drug-likeness (QED) is 0.432. The van der Waals surface area contributed by atoms with Gasteiger partial charge in [0.2, 0.25) is 5.91 Å². The van der Waals surface area contributed by atoms with Crippen LogP contribution < -0.4 is 15.4 Å². The van der Waals surface area contributed by atoms with Crippen molar-refractivity contribution < 1.29 is 28.6 Å². The fourth-order valence-electron chi connectivity index (χ4n) is 4.14. The first-order valence-electron chi connectivity index (χ1n) is 11.9. The Bertz CT molecular complexity index is 1040. The average molecular weight is 485 g/mol. The van der Waals surface area contributed by atoms with Crippen LogP contribution >= 0.6 is 0 Å². The molecule has 188 valence electrons. The highest BCUT2D eigenvalue weighted by Gasteiger charge is 2.37. The van der Waals surface area contributed by atoms with Crippen LogP contribution in [-0.2, 0) is 20.9 Å². The van der Waals surface area contributed by atoms with Gasteiger partial charge in [-0.3, -0.25) is 4.79 Å². The number of ether oxygens (including phenoxy) is 2. The van der Waals surface area contributed by atoms with E-state index in [1.807, 2.05) is 26.0 Å². The smallest absolute Gasteiger partial charge is 0.331 e. The van der Waals surface area contributed by atoms with Crippen molar-refractivity contribution in [2.45, 2.75) is 70.9 Å². The van der Waals surface area contributed by atoms with Gasteiger partial charge in [0.1, 0.15) is 5.75 Å². The van der Waals surface area contributed by atoms with Gasteiger partial charge in [-0.25, -0.2) is 9.18 Å². The van der Waals surface area contributed by atoms with E-state index in [9.17, 15) is 19.1 Å². The molecule has 0 heterocycles. The first-order valence-corrected chi connectivity index (χ1v) is 11.9. The fraction of sp³-hybridized carbons (Fsp3) is 0.407. The van der Waals surface area contributed by atoms with Crippen molar-refractivity contribution >= 4 is 11.9 Å². The molecule has 0 spiro atoms. The van der Waals surface area contributed by atoms with Gasteiger partial charge in [-0.1, -0.05) is 38.1 Å². The molecule has 2 aromatic carbocycles. The summed E-state index contributed by atoms with van der Waals surface area (Å²) < 4.78 is 25.6. The molecule has 0 saturated carbocycles. The molecule has 1 aliphatic carbocycles. The van der Waals surface area contributed by atoms with Crippen LogP contribution in [0.5, 0.6) is 11.5 Å². The second kappa shape index (κ2) is 12.5. The number of nitrogens with one attached hydrogen (secondary N) is 2. The van der Waals surface area contributed by atoms with Gasteiger partial charge in [-0.2, -0.15) is 0 Å². The molecule has 1 aliphatic rings. The topological polar surface area (TPSA) is 96.9 Å². The summed E-state index contributed by atoms with van der Waals surface area (Å²) in [5.41, 5.74) is 1.19. The van der Waals surface area contributed by atoms with Crippen molar-refractivity contribution in [3.8, 4) is 11.5 Å². The molecule has 0 bridgehead atoms. The van der Waals surface area contributed by atoms with Gasteiger partial charge in [-0.05, 0) is 55.2 Å². The Morgan fingerprint density at radius 2 is 1.80 bits per heavy atom. The maximum atomic E-state index is 13.8. The van der Waals surface area contributed by atoms with Crippen LogP contribution in [0.4, 0.5) is 4.39 Å². The molecular formula is C27H33FN2O5. The molecule has 7 nitrogen and oxygen atoms in total. The van der Waals surface area contributed by atoms with E-state index < -0.39 is 23.9 Å². The van der Waals surface area contributed by atoms with E-state index in [4.69, 9.17) is 9.47 Å². The number of hydrogen-bond acceptors (Lipinski definition) is 5. The standard InChI is InChI=1S/C27H33FN2O5/c1-4-20(5-2)34-25-15-19(27(32)33)14-23(26(25)30-17(3)31)29-16-18-10-12-21(13-11-18)35-24-9-7-6-8-22(24)28/h6-13,15,20,23,25-26,29H,4-5,14,16H2,1-3H3,(H,30,31)(H,32,33)/t23-,25+,26+/m0/s1. The summed E-state index contributed by atoms with van der Waals surface area (Å²) in [4.78, 5) is 23.8. The number of carboxylic acid groups (broad SMARTS) is 1. The number of carboxylic acids is 1. The van der Waals surface area contributed by atoms with E-state index in [1.54, 1.807) is 36.4 Å². The van der Waals surface area contributed by atoms with Crippen molar-refractivity contribution in [2.24, 2.45) is 0 Å². The first kappa shape index (κ1) is 26.4. The maximum Gasteiger partial charge on any atom is 0.331 e. The van der Waals surface area contributed by atoms with Gasteiger partial charge in [-0.15, -0.1) is 0 Å². The van der Waals surface area contributed by atoms with Gasteiger partial charge < -0.3 is 25.2 Å². The molecule has 35 heavy (non-hydrogen) atoms. The normalized spacial score (nSPS) is 19.8. The van der Waals surface area contributed by atoms with Gasteiger partial charge >= 0.3 is 5.97 Å². The summed E-state index contributed by atoms with van der Waals surface area (Å²) in [6, 6.07) is 12.6. The van der Waals surface area contributed by atoms with E-state index in [-0.39, 0.29) is 35.8 Å². The molecule has 0 aliphatic heterocycles. The Morgan fingerprint density at radius 1 is 1.11 bits per heavy atom. The molecule has 3 rings (SSSR count). The second-order valence-electron chi connectivity index (χ2n) is 8.63. The molecule has 1 amide bonds. The summed E-state index contributed by atoms with van der Waals surface area (Å²) in [5, 5.41) is 16.0. The zero-order chi connectivity index (χ0) is 25.4. The molecular weight excluding hydrogens is 451 g/mol. The largest absolute Gasteiger partial charge is 0.478 e. The molecule has 0 unspecified atom stereocenters. The second-order valence-corrected chi connectivity index (χ2v) is 8.63. The summed E-state index contributed by atoms with van der Waals surface area (Å²) in [6.07, 6.45) is 2.84. The van der Waals surface area contributed by atoms with Crippen molar-refractivity contribution in [1.29, 1.82) is 0 Å². The third kappa shape index (κ3) is 7.37. The Balaban J connectivity index is 1.72. The number of carbonyl (C=O) groups is 2. The summed E-state index contributed by atoms with van der Waals surface area (Å²) in [6.45, 7) is 5.91. The monoisotopic (exact) mass is 484 g/mol. The SMILES string of the molecule is CCC(CC)O[C@@H]1C=C(C(=O)O)C[C@H](NCc2ccc(Oc3ccccc3F)cc2)[C@H]1NC(C)=O. The minimum atomic E-state index is -0.995. The lowest BCUT2D eigenvalue weighted by molar-refractivity contribution is -0.133. The van der Waals surface area contributed by atoms with Crippen LogP contribution in [0.1, 0.15) is 45.6 Å². The van der Waals surface area contributed by atoms with Crippen LogP contribution in [0, 0.1) is 5.82 Å². The predicted molar refractivity (Wildman–Crippen MR) is 131 cm³/mol. The predicted octanol–water partition coefficient (Wildman–Crippen LogP) is 4.57. The summed E-state index contributed by atoms with van der Waals surface area (Å²) in [5.74, 6) is -0.989. The third-order valence-electron chi connectivity index (χ3n) is 6.05. The maximum absolute atomic E-state index is 13.8. The first-order chi connectivity index (χ1) is 16.8. The Kier molecular flexibility index (Phi) is 9.39. The van der Waals surface area contributed by atoms with E-state index in [2.05, 4.69) is 10.6 Å². The number of aliphatic carboxylic acids is 1. The van der Waals surface area contributed by atoms with Gasteiger partial charge in [0.25, 0.3) is 0 Å². The highest BCUT2D eigenvalue weighted by molar-refractivity contribution is 5.87. The molecule has 3 atom stereocenters. The van der Waals surface area contributed by atoms with Crippen LogP contribution in [0.3, 0.4) is 0 Å². The number of amides is 1. The molecule has 0 fully saturated rings. The zero-order valence-electron chi connectivity index (χ0n) is 20.3. The van der Waals surface area contributed by atoms with Crippen LogP contribution in [0.2, 0.25) is 0 Å². The Labute approximate surface area is 205 Å². The molecule has 0 radical (unpaired) electrons. The van der Waals surface area contributed by atoms with E-state index >= 15 is 0 Å². The number of hydrogen-bond donors (Lipinski definition) is 3. The number of carbonyl (C=O) groups excluding carboxylic acids is 1.